The third-order valence-corrected chi connectivity index (χ3v) is 9.48. The van der Waals surface area contributed by atoms with E-state index in [4.69, 9.17) is 5.73 Å². The lowest BCUT2D eigenvalue weighted by molar-refractivity contribution is -0.153. The van der Waals surface area contributed by atoms with Crippen LogP contribution in [-0.2, 0) is 20.8 Å². The molecule has 0 radical (unpaired) electrons. The van der Waals surface area contributed by atoms with E-state index in [9.17, 15) is 34.8 Å². The fourth-order valence-corrected chi connectivity index (χ4v) is 7.47. The van der Waals surface area contributed by atoms with E-state index < -0.39 is 58.0 Å². The Morgan fingerprint density at radius 2 is 1.76 bits per heavy atom. The van der Waals surface area contributed by atoms with Gasteiger partial charge in [0.1, 0.15) is 22.8 Å². The average molecular weight is 569 g/mol. The van der Waals surface area contributed by atoms with E-state index in [0.717, 1.165) is 18.5 Å². The quantitative estimate of drug-likeness (QED) is 0.220. The number of nitrogens with two attached hydrogens (primary N) is 1. The minimum Gasteiger partial charge on any atom is -0.508 e. The molecule has 2 fully saturated rings. The number of amides is 1. The SMILES string of the molecule is CN(C)c1cc(NCC2CCCCC2)c(O)c2c1C[C@@H]1C[C@@H]3[C@@H](N(C)C)C(=O)C(C(N)=O)=C(O)[C@]3(O)C(=O)C1=C2O. The first-order valence-electron chi connectivity index (χ1n) is 14.2. The fraction of sp³-hybridized carbons (Fsp3) is 0.567. The number of hydrogen-bond acceptors (Lipinski definition) is 10. The molecule has 0 aromatic heterocycles. The molecule has 0 saturated heterocycles. The molecule has 11 heteroatoms. The van der Waals surface area contributed by atoms with Gasteiger partial charge in [-0.2, -0.15) is 0 Å². The highest BCUT2D eigenvalue weighted by atomic mass is 16.3. The van der Waals surface area contributed by atoms with Gasteiger partial charge in [0.05, 0.1) is 17.3 Å². The second kappa shape index (κ2) is 10.4. The number of aliphatic hydroxyl groups excluding tert-OH is 2. The summed E-state index contributed by atoms with van der Waals surface area (Å²) >= 11 is 0. The van der Waals surface area contributed by atoms with E-state index in [1.165, 1.54) is 24.2 Å². The van der Waals surface area contributed by atoms with Gasteiger partial charge in [-0.05, 0) is 63.2 Å². The number of phenols is 1. The number of fused-ring (bicyclic) bond motifs is 3. The number of phenolic OH excluding ortho intramolecular Hbond substituents is 1. The smallest absolute Gasteiger partial charge is 0.255 e. The van der Waals surface area contributed by atoms with E-state index in [1.54, 1.807) is 14.1 Å². The van der Waals surface area contributed by atoms with Crippen molar-refractivity contribution in [2.24, 2.45) is 23.5 Å². The summed E-state index contributed by atoms with van der Waals surface area (Å²) in [5, 5.41) is 49.2. The summed E-state index contributed by atoms with van der Waals surface area (Å²) in [6, 6.07) is 0.733. The minimum absolute atomic E-state index is 0.0566. The fourth-order valence-electron chi connectivity index (χ4n) is 7.47. The summed E-state index contributed by atoms with van der Waals surface area (Å²) < 4.78 is 0. The number of likely N-dealkylation sites (N-methyl/N-ethyl adjacent to an activating group) is 1. The molecule has 1 aromatic rings. The van der Waals surface area contributed by atoms with Crippen LogP contribution in [0.2, 0.25) is 0 Å². The van der Waals surface area contributed by atoms with Gasteiger partial charge >= 0.3 is 0 Å². The Bertz CT molecular complexity index is 1380. The monoisotopic (exact) mass is 568 g/mol. The van der Waals surface area contributed by atoms with Gasteiger partial charge in [-0.3, -0.25) is 19.3 Å². The molecular formula is C30H40N4O7. The van der Waals surface area contributed by atoms with Gasteiger partial charge in [0.15, 0.2) is 11.4 Å². The van der Waals surface area contributed by atoms with Crippen LogP contribution in [0.25, 0.3) is 5.76 Å². The van der Waals surface area contributed by atoms with Gasteiger partial charge in [-0.1, -0.05) is 19.3 Å². The number of rotatable bonds is 6. The molecule has 4 aliphatic carbocycles. The first-order valence-corrected chi connectivity index (χ1v) is 14.2. The Labute approximate surface area is 239 Å². The molecule has 0 heterocycles. The topological polar surface area (TPSA) is 177 Å². The molecule has 5 rings (SSSR count). The molecule has 7 N–H and O–H groups in total. The van der Waals surface area contributed by atoms with Crippen molar-refractivity contribution >= 4 is 34.6 Å². The van der Waals surface area contributed by atoms with Crippen LogP contribution in [-0.4, -0.2) is 89.2 Å². The second-order valence-corrected chi connectivity index (χ2v) is 12.4. The number of carbonyl (C=O) groups excluding carboxylic acids is 3. The predicted octanol–water partition coefficient (Wildman–Crippen LogP) is 2.02. The number of Topliss-reactive ketones (excluding diaryl/α,β-unsaturated/α-hetero) is 2. The van der Waals surface area contributed by atoms with Crippen molar-refractivity contribution < 1.29 is 34.8 Å². The molecule has 222 valence electrons. The summed E-state index contributed by atoms with van der Waals surface area (Å²) in [4.78, 5) is 42.9. The molecule has 1 aromatic carbocycles. The summed E-state index contributed by atoms with van der Waals surface area (Å²) in [5.41, 5.74) is 3.69. The highest BCUT2D eigenvalue weighted by Crippen LogP contribution is 2.54. The molecular weight excluding hydrogens is 528 g/mol. The molecule has 1 amide bonds. The van der Waals surface area contributed by atoms with Crippen molar-refractivity contribution in [3.8, 4) is 5.75 Å². The molecule has 2 saturated carbocycles. The summed E-state index contributed by atoms with van der Waals surface area (Å²) in [6.45, 7) is 0.661. The van der Waals surface area contributed by atoms with Gasteiger partial charge in [-0.15, -0.1) is 0 Å². The van der Waals surface area contributed by atoms with Crippen LogP contribution in [0.3, 0.4) is 0 Å². The zero-order valence-electron chi connectivity index (χ0n) is 24.0. The molecule has 4 aliphatic rings. The number of aliphatic hydroxyl groups is 3. The third-order valence-electron chi connectivity index (χ3n) is 9.48. The van der Waals surface area contributed by atoms with Crippen molar-refractivity contribution in [3.63, 3.8) is 0 Å². The van der Waals surface area contributed by atoms with Crippen LogP contribution in [0.15, 0.2) is 23.0 Å². The van der Waals surface area contributed by atoms with Crippen molar-refractivity contribution in [2.45, 2.75) is 56.6 Å². The number of benzene rings is 1. The Morgan fingerprint density at radius 1 is 1.10 bits per heavy atom. The Balaban J connectivity index is 1.64. The van der Waals surface area contributed by atoms with Gasteiger partial charge in [0.2, 0.25) is 5.78 Å². The van der Waals surface area contributed by atoms with Crippen molar-refractivity contribution in [2.75, 3.05) is 45.0 Å². The lowest BCUT2D eigenvalue weighted by Gasteiger charge is -2.50. The maximum Gasteiger partial charge on any atom is 0.255 e. The highest BCUT2D eigenvalue weighted by Gasteiger charge is 2.64. The van der Waals surface area contributed by atoms with Crippen LogP contribution in [0, 0.1) is 17.8 Å². The van der Waals surface area contributed by atoms with Gasteiger partial charge in [0.25, 0.3) is 5.91 Å². The summed E-state index contributed by atoms with van der Waals surface area (Å²) in [6.07, 6.45) is 6.08. The Morgan fingerprint density at radius 3 is 2.34 bits per heavy atom. The summed E-state index contributed by atoms with van der Waals surface area (Å²) in [5.74, 6) is -6.05. The van der Waals surface area contributed by atoms with E-state index in [0.29, 0.717) is 23.7 Å². The van der Waals surface area contributed by atoms with E-state index in [2.05, 4.69) is 5.32 Å². The third kappa shape index (κ3) is 4.37. The molecule has 4 atom stereocenters. The van der Waals surface area contributed by atoms with E-state index in [1.807, 2.05) is 25.1 Å². The summed E-state index contributed by atoms with van der Waals surface area (Å²) in [7, 11) is 6.87. The van der Waals surface area contributed by atoms with Crippen LogP contribution in [0.5, 0.6) is 5.75 Å². The molecule has 0 aliphatic heterocycles. The number of primary amides is 1. The van der Waals surface area contributed by atoms with Crippen LogP contribution in [0.1, 0.15) is 49.7 Å². The molecule has 41 heavy (non-hydrogen) atoms. The van der Waals surface area contributed by atoms with Gasteiger partial charge in [0, 0.05) is 37.8 Å². The van der Waals surface area contributed by atoms with Gasteiger partial charge in [-0.25, -0.2) is 0 Å². The van der Waals surface area contributed by atoms with Crippen LogP contribution >= 0.6 is 0 Å². The number of nitrogens with one attached hydrogen (secondary N) is 1. The lowest BCUT2D eigenvalue weighted by atomic mass is 9.57. The average Bonchev–Trinajstić information content (AvgIpc) is 2.90. The first-order chi connectivity index (χ1) is 19.3. The standard InChI is InChI=1S/C30H40N4O7/c1-33(2)19-12-18(32-13-14-8-6-5-7-9-14)24(35)21-16(19)10-15-11-17-23(34(3)4)26(37)22(29(31)40)28(39)30(17,41)27(38)20(15)25(21)36/h12,14-15,17,23,32,35-36,39,41H,5-11,13H2,1-4H3,(H2,31,40)/t15-,17-,23-,30-/m1/s1. The van der Waals surface area contributed by atoms with Crippen LogP contribution in [0.4, 0.5) is 11.4 Å². The van der Waals surface area contributed by atoms with Crippen molar-refractivity contribution in [1.29, 1.82) is 0 Å². The largest absolute Gasteiger partial charge is 0.508 e. The second-order valence-electron chi connectivity index (χ2n) is 12.4. The Kier molecular flexibility index (Phi) is 7.31. The lowest BCUT2D eigenvalue weighted by Crippen LogP contribution is -2.65. The zero-order valence-corrected chi connectivity index (χ0v) is 24.0. The number of nitrogens with zero attached hydrogens (tertiary/aromatic N) is 2. The molecule has 0 bridgehead atoms. The molecule has 0 spiro atoms. The maximum absolute atomic E-state index is 14.1. The zero-order chi connectivity index (χ0) is 30.0. The number of ketones is 2. The maximum atomic E-state index is 14.1. The van der Waals surface area contributed by atoms with Gasteiger partial charge < -0.3 is 36.4 Å². The number of anilines is 2. The van der Waals surface area contributed by atoms with Crippen molar-refractivity contribution in [3.05, 3.63) is 34.1 Å². The Hall–Kier alpha value is -3.57. The predicted molar refractivity (Wildman–Crippen MR) is 154 cm³/mol. The normalized spacial score (nSPS) is 28.4. The number of hydrogen-bond donors (Lipinski definition) is 6. The number of aromatic hydroxyl groups is 1. The molecule has 0 unspecified atom stereocenters. The van der Waals surface area contributed by atoms with E-state index in [-0.39, 0.29) is 29.7 Å². The van der Waals surface area contributed by atoms with Crippen molar-refractivity contribution in [1.82, 2.24) is 4.90 Å². The first kappa shape index (κ1) is 28.9. The molecule has 11 nitrogen and oxygen atoms in total. The van der Waals surface area contributed by atoms with Crippen LogP contribution < -0.4 is 16.0 Å². The van der Waals surface area contributed by atoms with E-state index >= 15 is 0 Å². The minimum atomic E-state index is -2.65. The highest BCUT2D eigenvalue weighted by molar-refractivity contribution is 6.24. The number of carbonyl (C=O) groups is 3.